The number of sulfonamides is 1. The second-order valence-electron chi connectivity index (χ2n) is 5.72. The van der Waals surface area contributed by atoms with Crippen LogP contribution < -0.4 is 5.32 Å². The maximum absolute atomic E-state index is 12.3. The van der Waals surface area contributed by atoms with Crippen LogP contribution in [0.15, 0.2) is 35.2 Å². The molecule has 23 heavy (non-hydrogen) atoms. The fraction of sp³-hybridized carbons (Fsp3) is 0.562. The zero-order valence-corrected chi connectivity index (χ0v) is 14.8. The summed E-state index contributed by atoms with van der Waals surface area (Å²) in [6.45, 7) is 5.48. The number of nitrogens with zero attached hydrogens (tertiary/aromatic N) is 1. The van der Waals surface area contributed by atoms with Gasteiger partial charge in [0.1, 0.15) is 0 Å². The molecule has 1 aromatic carbocycles. The third-order valence-corrected chi connectivity index (χ3v) is 5.04. The highest BCUT2D eigenvalue weighted by Crippen LogP contribution is 2.12. The number of likely N-dealkylation sites (N-methyl/N-ethyl adjacent to an activating group) is 1. The number of rotatable bonds is 10. The number of hydrogen-bond donors (Lipinski definition) is 1. The third kappa shape index (κ3) is 7.11. The molecule has 0 aliphatic rings. The first-order valence-electron chi connectivity index (χ1n) is 7.70. The van der Waals surface area contributed by atoms with E-state index in [4.69, 9.17) is 4.74 Å². The van der Waals surface area contributed by atoms with Crippen LogP contribution in [-0.2, 0) is 19.6 Å². The molecule has 0 fully saturated rings. The molecule has 0 heterocycles. The van der Waals surface area contributed by atoms with Crippen molar-refractivity contribution in [3.8, 4) is 0 Å². The second-order valence-corrected chi connectivity index (χ2v) is 7.76. The van der Waals surface area contributed by atoms with Gasteiger partial charge in [-0.3, -0.25) is 4.79 Å². The number of carbonyl (C=O) groups is 1. The quantitative estimate of drug-likeness (QED) is 0.654. The van der Waals surface area contributed by atoms with Crippen LogP contribution in [0.3, 0.4) is 0 Å². The minimum atomic E-state index is -3.64. The monoisotopic (exact) mass is 342 g/mol. The van der Waals surface area contributed by atoms with Crippen molar-refractivity contribution in [1.29, 1.82) is 0 Å². The van der Waals surface area contributed by atoms with Crippen molar-refractivity contribution in [2.24, 2.45) is 5.92 Å². The Morgan fingerprint density at radius 2 is 1.87 bits per heavy atom. The summed E-state index contributed by atoms with van der Waals surface area (Å²) in [5.41, 5.74) is 0. The molecule has 0 unspecified atom stereocenters. The van der Waals surface area contributed by atoms with Gasteiger partial charge in [-0.2, -0.15) is 4.31 Å². The number of benzene rings is 1. The van der Waals surface area contributed by atoms with E-state index in [1.807, 2.05) is 0 Å². The molecule has 1 amide bonds. The Kier molecular flexibility index (Phi) is 8.22. The molecule has 0 aliphatic heterocycles. The van der Waals surface area contributed by atoms with Gasteiger partial charge < -0.3 is 10.1 Å². The maximum Gasteiger partial charge on any atom is 0.243 e. The molecule has 0 bridgehead atoms. The molecular formula is C16H26N2O4S. The number of nitrogens with one attached hydrogen (secondary N) is 1. The topological polar surface area (TPSA) is 75.7 Å². The molecule has 0 atom stereocenters. The molecule has 7 heteroatoms. The Labute approximate surface area is 138 Å². The van der Waals surface area contributed by atoms with Gasteiger partial charge in [0.25, 0.3) is 0 Å². The predicted octanol–water partition coefficient (Wildman–Crippen LogP) is 1.49. The van der Waals surface area contributed by atoms with E-state index in [1.165, 1.54) is 19.2 Å². The fourth-order valence-electron chi connectivity index (χ4n) is 1.80. The van der Waals surface area contributed by atoms with Crippen LogP contribution >= 0.6 is 0 Å². The molecular weight excluding hydrogens is 316 g/mol. The molecule has 0 saturated carbocycles. The highest BCUT2D eigenvalue weighted by atomic mass is 32.2. The van der Waals surface area contributed by atoms with E-state index in [0.29, 0.717) is 25.7 Å². The first-order valence-corrected chi connectivity index (χ1v) is 9.14. The van der Waals surface area contributed by atoms with Crippen molar-refractivity contribution >= 4 is 15.9 Å². The minimum Gasteiger partial charge on any atom is -0.380 e. The van der Waals surface area contributed by atoms with Gasteiger partial charge in [-0.25, -0.2) is 8.42 Å². The molecule has 1 N–H and O–H groups in total. The van der Waals surface area contributed by atoms with Gasteiger partial charge >= 0.3 is 0 Å². The first-order chi connectivity index (χ1) is 10.8. The summed E-state index contributed by atoms with van der Waals surface area (Å²) < 4.78 is 31.0. The van der Waals surface area contributed by atoms with Crippen LogP contribution in [0.2, 0.25) is 0 Å². The SMILES string of the molecule is CC(C)CCOCCNC(=O)CN(C)S(=O)(=O)c1ccccc1. The largest absolute Gasteiger partial charge is 0.380 e. The van der Waals surface area contributed by atoms with Crippen LogP contribution in [0.5, 0.6) is 0 Å². The Morgan fingerprint density at radius 1 is 1.22 bits per heavy atom. The van der Waals surface area contributed by atoms with Gasteiger partial charge in [-0.15, -0.1) is 0 Å². The van der Waals surface area contributed by atoms with Crippen LogP contribution in [0.1, 0.15) is 20.3 Å². The molecule has 6 nitrogen and oxygen atoms in total. The minimum absolute atomic E-state index is 0.173. The number of amides is 1. The van der Waals surface area contributed by atoms with Crippen molar-refractivity contribution in [2.45, 2.75) is 25.2 Å². The zero-order valence-electron chi connectivity index (χ0n) is 14.0. The van der Waals surface area contributed by atoms with E-state index in [0.717, 1.165) is 10.7 Å². The molecule has 0 spiro atoms. The molecule has 0 aromatic heterocycles. The van der Waals surface area contributed by atoms with E-state index >= 15 is 0 Å². The Balaban J connectivity index is 2.34. The van der Waals surface area contributed by atoms with E-state index in [2.05, 4.69) is 19.2 Å². The maximum atomic E-state index is 12.3. The molecule has 0 saturated heterocycles. The van der Waals surface area contributed by atoms with Crippen LogP contribution in [0.4, 0.5) is 0 Å². The number of hydrogen-bond acceptors (Lipinski definition) is 4. The van der Waals surface area contributed by atoms with Crippen LogP contribution in [0.25, 0.3) is 0 Å². The second kappa shape index (κ2) is 9.64. The molecule has 1 aromatic rings. The van der Waals surface area contributed by atoms with Gasteiger partial charge in [0.15, 0.2) is 0 Å². The standard InChI is InChI=1S/C16H26N2O4S/c1-14(2)9-11-22-12-10-17-16(19)13-18(3)23(20,21)15-7-5-4-6-8-15/h4-8,14H,9-13H2,1-3H3,(H,17,19). The average Bonchev–Trinajstić information content (AvgIpc) is 2.51. The summed E-state index contributed by atoms with van der Waals surface area (Å²) in [5.74, 6) is 0.237. The highest BCUT2D eigenvalue weighted by Gasteiger charge is 2.22. The van der Waals surface area contributed by atoms with Crippen molar-refractivity contribution in [2.75, 3.05) is 33.4 Å². The summed E-state index contributed by atoms with van der Waals surface area (Å²) in [4.78, 5) is 12.0. The van der Waals surface area contributed by atoms with E-state index in [1.54, 1.807) is 18.2 Å². The third-order valence-electron chi connectivity index (χ3n) is 3.23. The van der Waals surface area contributed by atoms with Gasteiger partial charge in [-0.1, -0.05) is 32.0 Å². The lowest BCUT2D eigenvalue weighted by Gasteiger charge is -2.16. The lowest BCUT2D eigenvalue weighted by atomic mass is 10.1. The summed E-state index contributed by atoms with van der Waals surface area (Å²) in [7, 11) is -2.25. The Hall–Kier alpha value is -1.44. The van der Waals surface area contributed by atoms with Crippen molar-refractivity contribution in [3.05, 3.63) is 30.3 Å². The number of ether oxygens (including phenoxy) is 1. The van der Waals surface area contributed by atoms with Gasteiger partial charge in [-0.05, 0) is 24.5 Å². The molecule has 1 rings (SSSR count). The van der Waals surface area contributed by atoms with Gasteiger partial charge in [0, 0.05) is 20.2 Å². The summed E-state index contributed by atoms with van der Waals surface area (Å²) in [5, 5.41) is 2.66. The fourth-order valence-corrected chi connectivity index (χ4v) is 2.95. The number of carbonyl (C=O) groups excluding carboxylic acids is 1. The van der Waals surface area contributed by atoms with Crippen molar-refractivity contribution in [1.82, 2.24) is 9.62 Å². The first kappa shape index (κ1) is 19.6. The smallest absolute Gasteiger partial charge is 0.243 e. The van der Waals surface area contributed by atoms with Gasteiger partial charge in [0.2, 0.25) is 15.9 Å². The Bertz CT molecular complexity index is 573. The van der Waals surface area contributed by atoms with Crippen molar-refractivity contribution in [3.63, 3.8) is 0 Å². The van der Waals surface area contributed by atoms with Crippen molar-refractivity contribution < 1.29 is 17.9 Å². The zero-order chi connectivity index (χ0) is 17.3. The van der Waals surface area contributed by atoms with E-state index in [9.17, 15) is 13.2 Å². The molecule has 130 valence electrons. The van der Waals surface area contributed by atoms with Gasteiger partial charge in [0.05, 0.1) is 18.0 Å². The highest BCUT2D eigenvalue weighted by molar-refractivity contribution is 7.89. The summed E-state index contributed by atoms with van der Waals surface area (Å²) in [6.07, 6.45) is 0.978. The van der Waals surface area contributed by atoms with Crippen LogP contribution in [0, 0.1) is 5.92 Å². The van der Waals surface area contributed by atoms with E-state index < -0.39 is 10.0 Å². The van der Waals surface area contributed by atoms with E-state index in [-0.39, 0.29) is 17.3 Å². The lowest BCUT2D eigenvalue weighted by Crippen LogP contribution is -2.39. The average molecular weight is 342 g/mol. The molecule has 0 aliphatic carbocycles. The summed E-state index contributed by atoms with van der Waals surface area (Å²) >= 11 is 0. The normalized spacial score (nSPS) is 11.9. The van der Waals surface area contributed by atoms with Crippen LogP contribution in [-0.4, -0.2) is 52.0 Å². The lowest BCUT2D eigenvalue weighted by molar-refractivity contribution is -0.121. The molecule has 0 radical (unpaired) electrons. The Morgan fingerprint density at radius 3 is 2.48 bits per heavy atom. The predicted molar refractivity (Wildman–Crippen MR) is 89.5 cm³/mol. The summed E-state index contributed by atoms with van der Waals surface area (Å²) in [6, 6.07) is 8.05.